The van der Waals surface area contributed by atoms with Crippen LogP contribution in [0.25, 0.3) is 0 Å². The monoisotopic (exact) mass is 322 g/mol. The molecule has 0 saturated carbocycles. The molecule has 5 heteroatoms. The number of hydrogen-bond donors (Lipinski definition) is 0. The van der Waals surface area contributed by atoms with E-state index in [1.165, 1.54) is 0 Å². The van der Waals surface area contributed by atoms with Gasteiger partial charge in [0, 0.05) is 16.1 Å². The zero-order chi connectivity index (χ0) is 15.0. The highest BCUT2D eigenvalue weighted by molar-refractivity contribution is 6.34. The molecule has 3 rings (SSSR count). The van der Waals surface area contributed by atoms with Crippen LogP contribution in [0.15, 0.2) is 36.4 Å². The van der Waals surface area contributed by atoms with E-state index in [9.17, 15) is 4.79 Å². The first-order valence-corrected chi connectivity index (χ1v) is 7.16. The van der Waals surface area contributed by atoms with Gasteiger partial charge in [-0.05, 0) is 35.9 Å². The molecule has 0 aliphatic carbocycles. The van der Waals surface area contributed by atoms with Crippen LogP contribution in [0.2, 0.25) is 10.0 Å². The number of ether oxygens (including phenoxy) is 2. The average Bonchev–Trinajstić information content (AvgIpc) is 2.45. The third-order valence-electron chi connectivity index (χ3n) is 3.39. The lowest BCUT2D eigenvalue weighted by atomic mass is 9.96. The molecule has 0 fully saturated rings. The second-order valence-corrected chi connectivity index (χ2v) is 5.67. The number of carbonyl (C=O) groups is 1. The second kappa shape index (κ2) is 5.58. The minimum absolute atomic E-state index is 0.0278. The van der Waals surface area contributed by atoms with Crippen LogP contribution in [-0.4, -0.2) is 12.9 Å². The van der Waals surface area contributed by atoms with Crippen LogP contribution in [-0.2, 0) is 0 Å². The third kappa shape index (κ3) is 2.85. The van der Waals surface area contributed by atoms with Crippen LogP contribution in [0, 0.1) is 0 Å². The van der Waals surface area contributed by atoms with Crippen molar-refractivity contribution in [3.63, 3.8) is 0 Å². The molecule has 1 unspecified atom stereocenters. The van der Waals surface area contributed by atoms with Crippen molar-refractivity contribution in [2.75, 3.05) is 7.11 Å². The van der Waals surface area contributed by atoms with E-state index in [1.807, 2.05) is 0 Å². The molecule has 108 valence electrons. The number of rotatable bonds is 2. The highest BCUT2D eigenvalue weighted by Gasteiger charge is 2.28. The van der Waals surface area contributed by atoms with E-state index in [-0.39, 0.29) is 12.2 Å². The highest BCUT2D eigenvalue weighted by atomic mass is 35.5. The Bertz CT molecular complexity index is 692. The first-order valence-electron chi connectivity index (χ1n) is 6.40. The van der Waals surface area contributed by atoms with Crippen molar-refractivity contribution in [2.24, 2.45) is 0 Å². The Morgan fingerprint density at radius 1 is 1.14 bits per heavy atom. The van der Waals surface area contributed by atoms with Gasteiger partial charge in [0.2, 0.25) is 0 Å². The topological polar surface area (TPSA) is 35.5 Å². The van der Waals surface area contributed by atoms with Gasteiger partial charge in [0.25, 0.3) is 0 Å². The van der Waals surface area contributed by atoms with Gasteiger partial charge in [-0.1, -0.05) is 23.2 Å². The van der Waals surface area contributed by atoms with Gasteiger partial charge in [0.05, 0.1) is 19.1 Å². The summed E-state index contributed by atoms with van der Waals surface area (Å²) in [5.41, 5.74) is 1.36. The van der Waals surface area contributed by atoms with Gasteiger partial charge in [-0.25, -0.2) is 0 Å². The van der Waals surface area contributed by atoms with E-state index < -0.39 is 6.10 Å². The van der Waals surface area contributed by atoms with E-state index in [4.69, 9.17) is 32.7 Å². The first-order chi connectivity index (χ1) is 10.1. The molecule has 1 aliphatic rings. The molecule has 0 aromatic heterocycles. The normalized spacial score (nSPS) is 17.1. The minimum atomic E-state index is -0.395. The number of carbonyl (C=O) groups excluding carboxylic acids is 1. The third-order valence-corrected chi connectivity index (χ3v) is 3.82. The zero-order valence-corrected chi connectivity index (χ0v) is 12.7. The van der Waals surface area contributed by atoms with E-state index in [0.29, 0.717) is 27.1 Å². The maximum Gasteiger partial charge on any atom is 0.170 e. The standard InChI is InChI=1S/C16H12Cl2O3/c1-20-12-2-3-13-14(19)8-15(21-16(13)7-12)9-4-10(17)6-11(18)5-9/h2-7,15H,8H2,1H3. The molecular weight excluding hydrogens is 311 g/mol. The molecule has 0 saturated heterocycles. The summed E-state index contributed by atoms with van der Waals surface area (Å²) in [7, 11) is 1.57. The Morgan fingerprint density at radius 2 is 1.86 bits per heavy atom. The van der Waals surface area contributed by atoms with Gasteiger partial charge < -0.3 is 9.47 Å². The predicted octanol–water partition coefficient (Wildman–Crippen LogP) is 4.71. The van der Waals surface area contributed by atoms with Crippen LogP contribution in [0.5, 0.6) is 11.5 Å². The minimum Gasteiger partial charge on any atom is -0.497 e. The predicted molar refractivity (Wildman–Crippen MR) is 81.8 cm³/mol. The van der Waals surface area contributed by atoms with Gasteiger partial charge >= 0.3 is 0 Å². The molecule has 0 amide bonds. The van der Waals surface area contributed by atoms with Gasteiger partial charge in [-0.2, -0.15) is 0 Å². The number of fused-ring (bicyclic) bond motifs is 1. The molecular formula is C16H12Cl2O3. The van der Waals surface area contributed by atoms with E-state index in [0.717, 1.165) is 5.56 Å². The van der Waals surface area contributed by atoms with E-state index >= 15 is 0 Å². The fraction of sp³-hybridized carbons (Fsp3) is 0.188. The SMILES string of the molecule is COc1ccc2c(c1)OC(c1cc(Cl)cc(Cl)c1)CC2=O. The second-order valence-electron chi connectivity index (χ2n) is 4.80. The smallest absolute Gasteiger partial charge is 0.170 e. The largest absolute Gasteiger partial charge is 0.497 e. The average molecular weight is 323 g/mol. The van der Waals surface area contributed by atoms with E-state index in [1.54, 1.807) is 43.5 Å². The summed E-state index contributed by atoms with van der Waals surface area (Å²) in [5.74, 6) is 1.19. The number of halogens is 2. The lowest BCUT2D eigenvalue weighted by Crippen LogP contribution is -2.20. The van der Waals surface area contributed by atoms with Crippen molar-refractivity contribution >= 4 is 29.0 Å². The molecule has 2 aromatic carbocycles. The van der Waals surface area contributed by atoms with Crippen molar-refractivity contribution in [3.05, 3.63) is 57.6 Å². The maximum atomic E-state index is 12.3. The molecule has 0 bridgehead atoms. The summed E-state index contributed by atoms with van der Waals surface area (Å²) in [5, 5.41) is 1.04. The van der Waals surface area contributed by atoms with Crippen LogP contribution in [0.3, 0.4) is 0 Å². The van der Waals surface area contributed by atoms with Crippen LogP contribution in [0.1, 0.15) is 28.4 Å². The van der Waals surface area contributed by atoms with Crippen molar-refractivity contribution in [2.45, 2.75) is 12.5 Å². The molecule has 1 heterocycles. The Labute approximate surface area is 132 Å². The Balaban J connectivity index is 1.98. The van der Waals surface area contributed by atoms with Crippen molar-refractivity contribution < 1.29 is 14.3 Å². The molecule has 3 nitrogen and oxygen atoms in total. The summed E-state index contributed by atoms with van der Waals surface area (Å²) in [6, 6.07) is 10.3. The maximum absolute atomic E-state index is 12.3. The van der Waals surface area contributed by atoms with Crippen molar-refractivity contribution in [1.29, 1.82) is 0 Å². The van der Waals surface area contributed by atoms with Gasteiger partial charge in [0.15, 0.2) is 5.78 Å². The Morgan fingerprint density at radius 3 is 2.52 bits per heavy atom. The summed E-state index contributed by atoms with van der Waals surface area (Å²) in [6.07, 6.45) is -0.135. The van der Waals surface area contributed by atoms with Crippen molar-refractivity contribution in [3.8, 4) is 11.5 Å². The summed E-state index contributed by atoms with van der Waals surface area (Å²) in [6.45, 7) is 0. The highest BCUT2D eigenvalue weighted by Crippen LogP contribution is 2.38. The number of benzene rings is 2. The van der Waals surface area contributed by atoms with Gasteiger partial charge in [0.1, 0.15) is 17.6 Å². The summed E-state index contributed by atoms with van der Waals surface area (Å²) < 4.78 is 11.1. The van der Waals surface area contributed by atoms with Crippen LogP contribution < -0.4 is 9.47 Å². The Kier molecular flexibility index (Phi) is 3.79. The Hall–Kier alpha value is -1.71. The summed E-state index contributed by atoms with van der Waals surface area (Å²) in [4.78, 5) is 12.3. The zero-order valence-electron chi connectivity index (χ0n) is 11.2. The molecule has 0 radical (unpaired) electrons. The number of methoxy groups -OCH3 is 1. The van der Waals surface area contributed by atoms with Gasteiger partial charge in [-0.15, -0.1) is 0 Å². The number of ketones is 1. The molecule has 1 atom stereocenters. The lowest BCUT2D eigenvalue weighted by molar-refractivity contribution is 0.0849. The number of Topliss-reactive ketones (excluding diaryl/α,β-unsaturated/α-hetero) is 1. The quantitative estimate of drug-likeness (QED) is 0.803. The first kappa shape index (κ1) is 14.2. The fourth-order valence-corrected chi connectivity index (χ4v) is 2.92. The molecule has 0 spiro atoms. The fourth-order valence-electron chi connectivity index (χ4n) is 2.38. The number of hydrogen-bond acceptors (Lipinski definition) is 3. The molecule has 2 aromatic rings. The summed E-state index contributed by atoms with van der Waals surface area (Å²) >= 11 is 12.0. The molecule has 0 N–H and O–H groups in total. The van der Waals surface area contributed by atoms with Crippen LogP contribution in [0.4, 0.5) is 0 Å². The van der Waals surface area contributed by atoms with E-state index in [2.05, 4.69) is 0 Å². The molecule has 21 heavy (non-hydrogen) atoms. The van der Waals surface area contributed by atoms with Crippen LogP contribution >= 0.6 is 23.2 Å². The van der Waals surface area contributed by atoms with Gasteiger partial charge in [-0.3, -0.25) is 4.79 Å². The molecule has 1 aliphatic heterocycles. The van der Waals surface area contributed by atoms with Crippen molar-refractivity contribution in [1.82, 2.24) is 0 Å². The lowest BCUT2D eigenvalue weighted by Gasteiger charge is -2.26.